The molecule has 0 aliphatic heterocycles. The molecule has 2 N–H and O–H groups in total. The molecule has 220 valence electrons. The number of carbonyl (C=O) groups is 4. The van der Waals surface area contributed by atoms with Crippen molar-refractivity contribution in [3.8, 4) is 0 Å². The topological polar surface area (TPSA) is 129 Å². The molecule has 0 radical (unpaired) electrons. The van der Waals surface area contributed by atoms with E-state index in [-0.39, 0.29) is 59.9 Å². The molecule has 0 aromatic carbocycles. The first-order valence-corrected chi connectivity index (χ1v) is 14.8. The molecule has 4 rings (SSSR count). The number of methoxy groups -OCH3 is 4. The van der Waals surface area contributed by atoms with Crippen molar-refractivity contribution in [2.75, 3.05) is 28.4 Å². The zero-order chi connectivity index (χ0) is 29.4. The molecular formula is C26H32Cl2N2O8S2. The Balaban J connectivity index is 0.000000220. The highest BCUT2D eigenvalue weighted by atomic mass is 35.5. The van der Waals surface area contributed by atoms with Crippen LogP contribution in [0, 0.1) is 11.8 Å². The summed E-state index contributed by atoms with van der Waals surface area (Å²) >= 11 is 14.1. The second-order valence-corrected chi connectivity index (χ2v) is 12.7. The highest BCUT2D eigenvalue weighted by Crippen LogP contribution is 2.31. The fourth-order valence-electron chi connectivity index (χ4n) is 4.89. The van der Waals surface area contributed by atoms with Gasteiger partial charge in [-0.3, -0.25) is 19.2 Å². The standard InChI is InChI=1S/2C13H16ClNO4S/c2*1-18-9-6-7(13(17)19-2)5-8(9)15-12(16)10-3-4-11(14)20-10/h2*3-4,7-9H,5-6H2,1-2H3,(H,15,16)/t7-,8+,9+;7-,8-,9-/m10/s1. The third kappa shape index (κ3) is 8.40. The SMILES string of the molecule is COC(=O)[C@@H]1C[C@H](NC(=O)c2ccc(Cl)s2)[C@@H](OC)C1.COC(=O)[C@H]1C[C@H](NC(=O)c2ccc(Cl)s2)[C@@H](OC)C1. The van der Waals surface area contributed by atoms with Crippen molar-refractivity contribution in [3.63, 3.8) is 0 Å². The lowest BCUT2D eigenvalue weighted by atomic mass is 10.1. The normalized spacial score (nSPS) is 25.4. The Labute approximate surface area is 250 Å². The molecule has 40 heavy (non-hydrogen) atoms. The van der Waals surface area contributed by atoms with Crippen molar-refractivity contribution < 1.29 is 38.1 Å². The van der Waals surface area contributed by atoms with E-state index in [1.54, 1.807) is 38.5 Å². The molecule has 2 fully saturated rings. The second-order valence-electron chi connectivity index (χ2n) is 9.30. The van der Waals surface area contributed by atoms with Gasteiger partial charge < -0.3 is 29.6 Å². The average molecular weight is 636 g/mol. The molecule has 0 saturated heterocycles. The molecule has 0 unspecified atom stereocenters. The summed E-state index contributed by atoms with van der Waals surface area (Å²) < 4.78 is 21.3. The minimum absolute atomic E-state index is 0.182. The summed E-state index contributed by atoms with van der Waals surface area (Å²) in [5.74, 6) is -1.38. The van der Waals surface area contributed by atoms with E-state index in [1.165, 1.54) is 36.9 Å². The molecule has 2 saturated carbocycles. The summed E-state index contributed by atoms with van der Waals surface area (Å²) in [6.07, 6.45) is 1.79. The molecule has 2 aliphatic rings. The Hall–Kier alpha value is -2.22. The number of esters is 2. The molecule has 2 aliphatic carbocycles. The van der Waals surface area contributed by atoms with E-state index < -0.39 is 0 Å². The van der Waals surface area contributed by atoms with Gasteiger partial charge in [0.05, 0.1) is 68.8 Å². The fraction of sp³-hybridized carbons (Fsp3) is 0.538. The average Bonchev–Trinajstić information content (AvgIpc) is 3.75. The molecular weight excluding hydrogens is 603 g/mol. The maximum absolute atomic E-state index is 12.1. The molecule has 0 bridgehead atoms. The number of halogens is 2. The number of hydrogen-bond donors (Lipinski definition) is 2. The summed E-state index contributed by atoms with van der Waals surface area (Å²) in [6, 6.07) is 6.32. The van der Waals surface area contributed by atoms with Crippen LogP contribution >= 0.6 is 45.9 Å². The van der Waals surface area contributed by atoms with Crippen molar-refractivity contribution in [1.29, 1.82) is 0 Å². The minimum Gasteiger partial charge on any atom is -0.469 e. The molecule has 6 atom stereocenters. The van der Waals surface area contributed by atoms with E-state index in [0.29, 0.717) is 44.1 Å². The van der Waals surface area contributed by atoms with Crippen LogP contribution in [-0.4, -0.2) is 76.5 Å². The molecule has 0 spiro atoms. The molecule has 14 heteroatoms. The lowest BCUT2D eigenvalue weighted by Gasteiger charge is -2.18. The van der Waals surface area contributed by atoms with Crippen LogP contribution in [0.3, 0.4) is 0 Å². The van der Waals surface area contributed by atoms with Gasteiger partial charge in [-0.2, -0.15) is 0 Å². The Kier molecular flexibility index (Phi) is 12.2. The van der Waals surface area contributed by atoms with Gasteiger partial charge >= 0.3 is 11.9 Å². The third-order valence-electron chi connectivity index (χ3n) is 6.91. The van der Waals surface area contributed by atoms with Crippen molar-refractivity contribution in [1.82, 2.24) is 10.6 Å². The van der Waals surface area contributed by atoms with Crippen molar-refractivity contribution in [2.24, 2.45) is 11.8 Å². The van der Waals surface area contributed by atoms with E-state index in [2.05, 4.69) is 10.6 Å². The second kappa shape index (κ2) is 15.1. The maximum atomic E-state index is 12.1. The lowest BCUT2D eigenvalue weighted by molar-refractivity contribution is -0.146. The van der Waals surface area contributed by atoms with E-state index >= 15 is 0 Å². The predicted molar refractivity (Wildman–Crippen MR) is 152 cm³/mol. The van der Waals surface area contributed by atoms with Crippen LogP contribution in [0.4, 0.5) is 0 Å². The van der Waals surface area contributed by atoms with Crippen LogP contribution in [0.25, 0.3) is 0 Å². The highest BCUT2D eigenvalue weighted by Gasteiger charge is 2.40. The molecule has 2 aromatic heterocycles. The van der Waals surface area contributed by atoms with E-state index in [4.69, 9.17) is 42.1 Å². The van der Waals surface area contributed by atoms with Gasteiger partial charge in [-0.05, 0) is 49.9 Å². The first-order valence-electron chi connectivity index (χ1n) is 12.4. The summed E-state index contributed by atoms with van der Waals surface area (Å²) in [5, 5.41) is 5.80. The Morgan fingerprint density at radius 1 is 0.675 bits per heavy atom. The van der Waals surface area contributed by atoms with Crippen LogP contribution in [0.2, 0.25) is 8.67 Å². The van der Waals surface area contributed by atoms with Crippen molar-refractivity contribution in [2.45, 2.75) is 50.0 Å². The Morgan fingerprint density at radius 2 is 1.05 bits per heavy atom. The number of ether oxygens (including phenoxy) is 4. The summed E-state index contributed by atoms with van der Waals surface area (Å²) in [5.41, 5.74) is 0. The summed E-state index contributed by atoms with van der Waals surface area (Å²) in [4.78, 5) is 48.4. The van der Waals surface area contributed by atoms with Crippen LogP contribution in [-0.2, 0) is 28.5 Å². The van der Waals surface area contributed by atoms with Gasteiger partial charge in [0.2, 0.25) is 0 Å². The smallest absolute Gasteiger partial charge is 0.308 e. The van der Waals surface area contributed by atoms with Gasteiger partial charge in [0.15, 0.2) is 0 Å². The zero-order valence-corrected chi connectivity index (χ0v) is 25.6. The highest BCUT2D eigenvalue weighted by molar-refractivity contribution is 7.18. The Bertz CT molecular complexity index is 1100. The zero-order valence-electron chi connectivity index (χ0n) is 22.4. The van der Waals surface area contributed by atoms with E-state index in [0.717, 1.165) is 0 Å². The first kappa shape index (κ1) is 32.3. The number of carbonyl (C=O) groups excluding carboxylic acids is 4. The predicted octanol–water partition coefficient (Wildman–Crippen LogP) is 4.20. The Morgan fingerprint density at radius 3 is 1.32 bits per heavy atom. The number of nitrogens with one attached hydrogen (secondary N) is 2. The van der Waals surface area contributed by atoms with Crippen molar-refractivity contribution in [3.05, 3.63) is 42.7 Å². The van der Waals surface area contributed by atoms with Gasteiger partial charge in [0, 0.05) is 14.2 Å². The van der Waals surface area contributed by atoms with E-state index in [9.17, 15) is 19.2 Å². The number of hydrogen-bond acceptors (Lipinski definition) is 10. The van der Waals surface area contributed by atoms with Gasteiger partial charge in [-0.1, -0.05) is 23.2 Å². The van der Waals surface area contributed by atoms with Crippen molar-refractivity contribution >= 4 is 69.6 Å². The number of rotatable bonds is 8. The third-order valence-corrected chi connectivity index (χ3v) is 9.37. The molecule has 2 amide bonds. The summed E-state index contributed by atoms with van der Waals surface area (Å²) in [6.45, 7) is 0. The van der Waals surface area contributed by atoms with Crippen LogP contribution < -0.4 is 10.6 Å². The van der Waals surface area contributed by atoms with Gasteiger partial charge in [-0.15, -0.1) is 22.7 Å². The van der Waals surface area contributed by atoms with Crippen LogP contribution in [0.1, 0.15) is 45.0 Å². The van der Waals surface area contributed by atoms with Gasteiger partial charge in [-0.25, -0.2) is 0 Å². The van der Waals surface area contributed by atoms with E-state index in [1.807, 2.05) is 0 Å². The lowest BCUT2D eigenvalue weighted by Crippen LogP contribution is -2.40. The first-order chi connectivity index (χ1) is 19.1. The minimum atomic E-state index is -0.261. The molecule has 10 nitrogen and oxygen atoms in total. The fourth-order valence-corrected chi connectivity index (χ4v) is 6.79. The largest absolute Gasteiger partial charge is 0.469 e. The van der Waals surface area contributed by atoms with Gasteiger partial charge in [0.1, 0.15) is 0 Å². The number of thiophene rings is 2. The quantitative estimate of drug-likeness (QED) is 0.414. The summed E-state index contributed by atoms with van der Waals surface area (Å²) in [7, 11) is 5.88. The van der Waals surface area contributed by atoms with Crippen LogP contribution in [0.15, 0.2) is 24.3 Å². The van der Waals surface area contributed by atoms with Gasteiger partial charge in [0.25, 0.3) is 11.8 Å². The molecule has 2 aromatic rings. The maximum Gasteiger partial charge on any atom is 0.308 e. The molecule has 2 heterocycles. The monoisotopic (exact) mass is 634 g/mol. The number of amides is 2. The van der Waals surface area contributed by atoms with Crippen LogP contribution in [0.5, 0.6) is 0 Å².